The standard InChI is InChI=1S/C13H18N4O4/c1-4-6-7-17-9-8(11(18)16(5-2)13(17)21)15(3)10(14-9)12(19)20/h4-7H2,1-3H3,(H,19,20). The second-order valence-electron chi connectivity index (χ2n) is 4.81. The van der Waals surface area contributed by atoms with E-state index < -0.39 is 17.2 Å². The maximum Gasteiger partial charge on any atom is 0.372 e. The maximum absolute atomic E-state index is 12.4. The van der Waals surface area contributed by atoms with E-state index in [0.29, 0.717) is 6.54 Å². The molecule has 0 radical (unpaired) electrons. The number of aromatic carboxylic acids is 1. The molecule has 0 spiro atoms. The number of nitrogens with zero attached hydrogens (tertiary/aromatic N) is 4. The van der Waals surface area contributed by atoms with Gasteiger partial charge in [-0.3, -0.25) is 13.9 Å². The van der Waals surface area contributed by atoms with Gasteiger partial charge in [0, 0.05) is 20.1 Å². The number of aromatic nitrogens is 4. The van der Waals surface area contributed by atoms with Gasteiger partial charge in [0.25, 0.3) is 5.56 Å². The Morgan fingerprint density at radius 1 is 1.24 bits per heavy atom. The van der Waals surface area contributed by atoms with E-state index in [1.807, 2.05) is 6.92 Å². The number of carboxylic acid groups (broad SMARTS) is 1. The Labute approximate surface area is 120 Å². The molecule has 0 aliphatic carbocycles. The Balaban J connectivity index is 2.93. The molecule has 0 unspecified atom stereocenters. The monoisotopic (exact) mass is 294 g/mol. The summed E-state index contributed by atoms with van der Waals surface area (Å²) in [6, 6.07) is 0. The number of aryl methyl sites for hydroxylation is 2. The molecule has 0 amide bonds. The minimum absolute atomic E-state index is 0.142. The van der Waals surface area contributed by atoms with Gasteiger partial charge in [0.2, 0.25) is 5.82 Å². The van der Waals surface area contributed by atoms with E-state index in [9.17, 15) is 14.4 Å². The van der Waals surface area contributed by atoms with Gasteiger partial charge in [0.15, 0.2) is 11.2 Å². The van der Waals surface area contributed by atoms with E-state index >= 15 is 0 Å². The van der Waals surface area contributed by atoms with Gasteiger partial charge < -0.3 is 9.67 Å². The molecule has 8 nitrogen and oxygen atoms in total. The third kappa shape index (κ3) is 2.26. The van der Waals surface area contributed by atoms with Crippen LogP contribution in [0.3, 0.4) is 0 Å². The van der Waals surface area contributed by atoms with Crippen LogP contribution < -0.4 is 11.2 Å². The minimum Gasteiger partial charge on any atom is -0.475 e. The van der Waals surface area contributed by atoms with Crippen molar-refractivity contribution in [2.45, 2.75) is 39.8 Å². The molecule has 1 N–H and O–H groups in total. The normalized spacial score (nSPS) is 11.2. The van der Waals surface area contributed by atoms with Crippen LogP contribution in [-0.2, 0) is 20.1 Å². The van der Waals surface area contributed by atoms with Crippen LogP contribution in [0.5, 0.6) is 0 Å². The molecule has 0 bridgehead atoms. The molecule has 0 aliphatic heterocycles. The van der Waals surface area contributed by atoms with Crippen molar-refractivity contribution in [3.8, 4) is 0 Å². The highest BCUT2D eigenvalue weighted by Crippen LogP contribution is 2.10. The van der Waals surface area contributed by atoms with Crippen molar-refractivity contribution in [2.75, 3.05) is 0 Å². The fourth-order valence-electron chi connectivity index (χ4n) is 2.35. The van der Waals surface area contributed by atoms with E-state index in [1.54, 1.807) is 6.92 Å². The molecule has 0 saturated carbocycles. The summed E-state index contributed by atoms with van der Waals surface area (Å²) in [5.74, 6) is -1.48. The summed E-state index contributed by atoms with van der Waals surface area (Å²) in [4.78, 5) is 39.9. The first kappa shape index (κ1) is 15.0. The number of carboxylic acids is 1. The van der Waals surface area contributed by atoms with Gasteiger partial charge in [0.05, 0.1) is 0 Å². The Kier molecular flexibility index (Phi) is 3.97. The zero-order valence-electron chi connectivity index (χ0n) is 12.3. The number of carbonyl (C=O) groups is 1. The lowest BCUT2D eigenvalue weighted by Crippen LogP contribution is -2.40. The predicted molar refractivity (Wildman–Crippen MR) is 76.8 cm³/mol. The van der Waals surface area contributed by atoms with Crippen LogP contribution >= 0.6 is 0 Å². The number of hydrogen-bond donors (Lipinski definition) is 1. The fraction of sp³-hybridized carbons (Fsp3) is 0.538. The quantitative estimate of drug-likeness (QED) is 0.861. The van der Waals surface area contributed by atoms with E-state index in [1.165, 1.54) is 16.2 Å². The number of rotatable bonds is 5. The Bertz CT molecular complexity index is 812. The lowest BCUT2D eigenvalue weighted by molar-refractivity contribution is 0.0680. The Morgan fingerprint density at radius 2 is 1.90 bits per heavy atom. The molecule has 2 aromatic rings. The van der Waals surface area contributed by atoms with Crippen LogP contribution in [0.1, 0.15) is 37.3 Å². The van der Waals surface area contributed by atoms with Crippen LogP contribution in [0, 0.1) is 0 Å². The van der Waals surface area contributed by atoms with Crippen LogP contribution in [0.2, 0.25) is 0 Å². The third-order valence-electron chi connectivity index (χ3n) is 3.48. The third-order valence-corrected chi connectivity index (χ3v) is 3.48. The number of imidazole rings is 1. The van der Waals surface area contributed by atoms with E-state index in [-0.39, 0.29) is 23.5 Å². The fourth-order valence-corrected chi connectivity index (χ4v) is 2.35. The molecule has 114 valence electrons. The minimum atomic E-state index is -1.23. The van der Waals surface area contributed by atoms with Crippen molar-refractivity contribution in [2.24, 2.45) is 7.05 Å². The Morgan fingerprint density at radius 3 is 2.43 bits per heavy atom. The van der Waals surface area contributed by atoms with Gasteiger partial charge in [-0.15, -0.1) is 0 Å². The predicted octanol–water partition coefficient (Wildman–Crippen LogP) is 0.415. The van der Waals surface area contributed by atoms with E-state index in [0.717, 1.165) is 17.4 Å². The average Bonchev–Trinajstić information content (AvgIpc) is 2.77. The van der Waals surface area contributed by atoms with E-state index in [4.69, 9.17) is 5.11 Å². The molecule has 0 saturated heterocycles. The van der Waals surface area contributed by atoms with Crippen LogP contribution in [-0.4, -0.2) is 29.8 Å². The lowest BCUT2D eigenvalue weighted by atomic mass is 10.3. The van der Waals surface area contributed by atoms with Crippen molar-refractivity contribution in [3.63, 3.8) is 0 Å². The number of unbranched alkanes of at least 4 members (excludes halogenated alkanes) is 1. The van der Waals surface area contributed by atoms with Gasteiger partial charge >= 0.3 is 11.7 Å². The van der Waals surface area contributed by atoms with Crippen LogP contribution in [0.25, 0.3) is 11.2 Å². The molecule has 0 atom stereocenters. The summed E-state index contributed by atoms with van der Waals surface area (Å²) in [5, 5.41) is 9.14. The van der Waals surface area contributed by atoms with Crippen molar-refractivity contribution in [1.82, 2.24) is 18.7 Å². The second kappa shape index (κ2) is 5.55. The second-order valence-corrected chi connectivity index (χ2v) is 4.81. The first-order valence-electron chi connectivity index (χ1n) is 6.87. The molecule has 0 aliphatic rings. The van der Waals surface area contributed by atoms with Gasteiger partial charge in [-0.1, -0.05) is 13.3 Å². The average molecular weight is 294 g/mol. The molecular formula is C13H18N4O4. The lowest BCUT2D eigenvalue weighted by Gasteiger charge is -2.09. The van der Waals surface area contributed by atoms with Crippen LogP contribution in [0.15, 0.2) is 9.59 Å². The smallest absolute Gasteiger partial charge is 0.372 e. The largest absolute Gasteiger partial charge is 0.475 e. The first-order chi connectivity index (χ1) is 9.93. The summed E-state index contributed by atoms with van der Waals surface area (Å²) >= 11 is 0. The zero-order chi connectivity index (χ0) is 15.7. The highest BCUT2D eigenvalue weighted by Gasteiger charge is 2.22. The molecule has 2 heterocycles. The summed E-state index contributed by atoms with van der Waals surface area (Å²) in [7, 11) is 1.47. The summed E-state index contributed by atoms with van der Waals surface area (Å²) < 4.78 is 3.72. The van der Waals surface area contributed by atoms with Gasteiger partial charge in [-0.05, 0) is 13.3 Å². The van der Waals surface area contributed by atoms with Crippen molar-refractivity contribution in [1.29, 1.82) is 0 Å². The van der Waals surface area contributed by atoms with Gasteiger partial charge in [-0.2, -0.15) is 0 Å². The summed E-state index contributed by atoms with van der Waals surface area (Å²) in [6.45, 7) is 4.32. The highest BCUT2D eigenvalue weighted by molar-refractivity contribution is 5.88. The maximum atomic E-state index is 12.4. The molecule has 21 heavy (non-hydrogen) atoms. The van der Waals surface area contributed by atoms with Crippen molar-refractivity contribution < 1.29 is 9.90 Å². The van der Waals surface area contributed by atoms with Gasteiger partial charge in [0.1, 0.15) is 0 Å². The topological polar surface area (TPSA) is 99.1 Å². The molecule has 2 aromatic heterocycles. The molecule has 0 aromatic carbocycles. The zero-order valence-corrected chi connectivity index (χ0v) is 12.3. The summed E-state index contributed by atoms with van der Waals surface area (Å²) in [6.07, 6.45) is 1.62. The van der Waals surface area contributed by atoms with Gasteiger partial charge in [-0.25, -0.2) is 14.6 Å². The molecule has 8 heteroatoms. The number of fused-ring (bicyclic) bond motifs is 1. The first-order valence-corrected chi connectivity index (χ1v) is 6.87. The van der Waals surface area contributed by atoms with E-state index in [2.05, 4.69) is 4.98 Å². The number of hydrogen-bond acceptors (Lipinski definition) is 4. The van der Waals surface area contributed by atoms with Crippen molar-refractivity contribution in [3.05, 3.63) is 26.7 Å². The van der Waals surface area contributed by atoms with Crippen molar-refractivity contribution >= 4 is 17.1 Å². The molecule has 2 rings (SSSR count). The Hall–Kier alpha value is -2.38. The highest BCUT2D eigenvalue weighted by atomic mass is 16.4. The molecule has 0 fully saturated rings. The van der Waals surface area contributed by atoms with Crippen LogP contribution in [0.4, 0.5) is 0 Å². The SMILES string of the molecule is CCCCn1c(=O)n(CC)c(=O)c2c1nc(C(=O)O)n2C. The summed E-state index contributed by atoms with van der Waals surface area (Å²) in [5.41, 5.74) is -0.667. The molecular weight excluding hydrogens is 276 g/mol.